The van der Waals surface area contributed by atoms with E-state index < -0.39 is 0 Å². The molecule has 6 nitrogen and oxygen atoms in total. The number of ketones is 1. The molecule has 2 aromatic heterocycles. The molecule has 0 aliphatic rings. The number of pyridine rings is 1. The molecule has 0 aliphatic heterocycles. The van der Waals surface area contributed by atoms with Gasteiger partial charge in [-0.3, -0.25) is 9.78 Å². The molecule has 0 bridgehead atoms. The van der Waals surface area contributed by atoms with E-state index >= 15 is 0 Å². The molecule has 0 spiro atoms. The Morgan fingerprint density at radius 2 is 2.00 bits per heavy atom. The van der Waals surface area contributed by atoms with Gasteiger partial charge in [0.25, 0.3) is 0 Å². The molecule has 0 fully saturated rings. The SMILES string of the molecule is COc1cccc(C(=O)c2cnn(-c3ccncc3)c2N)c1. The highest BCUT2D eigenvalue weighted by Gasteiger charge is 2.18. The van der Waals surface area contributed by atoms with Crippen molar-refractivity contribution >= 4 is 11.6 Å². The zero-order valence-corrected chi connectivity index (χ0v) is 11.9. The monoisotopic (exact) mass is 294 g/mol. The third-order valence-electron chi connectivity index (χ3n) is 3.29. The number of hydrogen-bond donors (Lipinski definition) is 1. The van der Waals surface area contributed by atoms with Gasteiger partial charge in [-0.25, -0.2) is 4.68 Å². The van der Waals surface area contributed by atoms with Crippen LogP contribution in [0.4, 0.5) is 5.82 Å². The average Bonchev–Trinajstić information content (AvgIpc) is 2.96. The minimum atomic E-state index is -0.197. The lowest BCUT2D eigenvalue weighted by Crippen LogP contribution is -2.07. The van der Waals surface area contributed by atoms with Crippen LogP contribution >= 0.6 is 0 Å². The van der Waals surface area contributed by atoms with Crippen LogP contribution in [0, 0.1) is 0 Å². The lowest BCUT2D eigenvalue weighted by atomic mass is 10.1. The Morgan fingerprint density at radius 1 is 1.23 bits per heavy atom. The second kappa shape index (κ2) is 5.69. The summed E-state index contributed by atoms with van der Waals surface area (Å²) in [6.07, 6.45) is 4.75. The summed E-state index contributed by atoms with van der Waals surface area (Å²) in [7, 11) is 1.55. The number of hydrogen-bond acceptors (Lipinski definition) is 5. The van der Waals surface area contributed by atoms with E-state index in [0.717, 1.165) is 5.69 Å². The minimum absolute atomic E-state index is 0.197. The standard InChI is InChI=1S/C16H14N4O2/c1-22-13-4-2-3-11(9-13)15(21)14-10-19-20(16(14)17)12-5-7-18-8-6-12/h2-10H,17H2,1H3. The van der Waals surface area contributed by atoms with Gasteiger partial charge in [0.05, 0.1) is 24.6 Å². The number of rotatable bonds is 4. The molecule has 0 saturated carbocycles. The maximum atomic E-state index is 12.6. The second-order valence-corrected chi connectivity index (χ2v) is 4.62. The maximum Gasteiger partial charge on any atom is 0.198 e. The number of nitrogens with zero attached hydrogens (tertiary/aromatic N) is 3. The number of anilines is 1. The normalized spacial score (nSPS) is 10.4. The number of carbonyl (C=O) groups excluding carboxylic acids is 1. The molecule has 2 N–H and O–H groups in total. The first kappa shape index (κ1) is 13.8. The molecule has 0 radical (unpaired) electrons. The molecule has 3 aromatic rings. The summed E-state index contributed by atoms with van der Waals surface area (Å²) in [5, 5.41) is 4.19. The maximum absolute atomic E-state index is 12.6. The van der Waals surface area contributed by atoms with Crippen molar-refractivity contribution in [2.45, 2.75) is 0 Å². The number of carbonyl (C=O) groups is 1. The average molecular weight is 294 g/mol. The Balaban J connectivity index is 1.99. The molecule has 22 heavy (non-hydrogen) atoms. The first-order valence-corrected chi connectivity index (χ1v) is 6.63. The van der Waals surface area contributed by atoms with Gasteiger partial charge in [-0.1, -0.05) is 12.1 Å². The zero-order chi connectivity index (χ0) is 15.5. The summed E-state index contributed by atoms with van der Waals surface area (Å²) in [4.78, 5) is 16.5. The lowest BCUT2D eigenvalue weighted by Gasteiger charge is -2.05. The zero-order valence-electron chi connectivity index (χ0n) is 11.9. The van der Waals surface area contributed by atoms with Crippen molar-refractivity contribution < 1.29 is 9.53 Å². The Labute approximate surface area is 127 Å². The highest BCUT2D eigenvalue weighted by atomic mass is 16.5. The van der Waals surface area contributed by atoms with E-state index in [9.17, 15) is 4.79 Å². The van der Waals surface area contributed by atoms with E-state index in [4.69, 9.17) is 10.5 Å². The van der Waals surface area contributed by atoms with E-state index in [1.165, 1.54) is 10.9 Å². The van der Waals surface area contributed by atoms with Gasteiger partial charge >= 0.3 is 0 Å². The summed E-state index contributed by atoms with van der Waals surface area (Å²) in [5.41, 5.74) is 7.67. The first-order chi connectivity index (χ1) is 10.7. The van der Waals surface area contributed by atoms with Crippen LogP contribution in [0.5, 0.6) is 5.75 Å². The molecule has 3 rings (SSSR count). The van der Waals surface area contributed by atoms with Crippen molar-refractivity contribution in [1.29, 1.82) is 0 Å². The summed E-state index contributed by atoms with van der Waals surface area (Å²) >= 11 is 0. The molecular formula is C16H14N4O2. The van der Waals surface area contributed by atoms with Gasteiger partial charge in [0.1, 0.15) is 11.6 Å². The predicted octanol–water partition coefficient (Wildman–Crippen LogP) is 2.09. The van der Waals surface area contributed by atoms with Gasteiger partial charge in [0, 0.05) is 18.0 Å². The van der Waals surface area contributed by atoms with Crippen LogP contribution in [0.1, 0.15) is 15.9 Å². The van der Waals surface area contributed by atoms with E-state index in [1.54, 1.807) is 55.9 Å². The predicted molar refractivity (Wildman–Crippen MR) is 82.2 cm³/mol. The van der Waals surface area contributed by atoms with Crippen molar-refractivity contribution in [2.75, 3.05) is 12.8 Å². The van der Waals surface area contributed by atoms with Crippen LogP contribution in [0.15, 0.2) is 55.0 Å². The summed E-state index contributed by atoms with van der Waals surface area (Å²) in [5.74, 6) is 0.710. The molecule has 0 atom stereocenters. The number of benzene rings is 1. The number of methoxy groups -OCH3 is 1. The van der Waals surface area contributed by atoms with E-state index in [2.05, 4.69) is 10.1 Å². The fraction of sp³-hybridized carbons (Fsp3) is 0.0625. The Morgan fingerprint density at radius 3 is 2.73 bits per heavy atom. The van der Waals surface area contributed by atoms with Gasteiger partial charge in [0.2, 0.25) is 0 Å². The number of ether oxygens (including phenoxy) is 1. The molecule has 2 heterocycles. The molecule has 6 heteroatoms. The summed E-state index contributed by atoms with van der Waals surface area (Å²) in [6, 6.07) is 10.5. The molecule has 1 aromatic carbocycles. The van der Waals surface area contributed by atoms with Gasteiger partial charge in [-0.2, -0.15) is 5.10 Å². The molecule has 110 valence electrons. The van der Waals surface area contributed by atoms with Crippen molar-refractivity contribution in [3.63, 3.8) is 0 Å². The largest absolute Gasteiger partial charge is 0.497 e. The highest BCUT2D eigenvalue weighted by molar-refractivity contribution is 6.11. The number of nitrogens with two attached hydrogens (primary N) is 1. The fourth-order valence-corrected chi connectivity index (χ4v) is 2.14. The van der Waals surface area contributed by atoms with Crippen LogP contribution in [0.3, 0.4) is 0 Å². The summed E-state index contributed by atoms with van der Waals surface area (Å²) < 4.78 is 6.64. The van der Waals surface area contributed by atoms with Crippen molar-refractivity contribution in [3.8, 4) is 11.4 Å². The van der Waals surface area contributed by atoms with Crippen LogP contribution < -0.4 is 10.5 Å². The Bertz CT molecular complexity index is 812. The topological polar surface area (TPSA) is 83.0 Å². The molecule has 0 amide bonds. The van der Waals surface area contributed by atoms with E-state index in [1.807, 2.05) is 0 Å². The van der Waals surface area contributed by atoms with E-state index in [0.29, 0.717) is 22.7 Å². The molecule has 0 unspecified atom stereocenters. The van der Waals surface area contributed by atoms with Crippen LogP contribution in [-0.4, -0.2) is 27.7 Å². The Hall–Kier alpha value is -3.15. The summed E-state index contributed by atoms with van der Waals surface area (Å²) in [6.45, 7) is 0. The van der Waals surface area contributed by atoms with Crippen molar-refractivity contribution in [2.24, 2.45) is 0 Å². The van der Waals surface area contributed by atoms with Crippen molar-refractivity contribution in [3.05, 3.63) is 66.1 Å². The molecule has 0 aliphatic carbocycles. The number of nitrogen functional groups attached to an aromatic ring is 1. The lowest BCUT2D eigenvalue weighted by molar-refractivity contribution is 0.103. The third-order valence-corrected chi connectivity index (χ3v) is 3.29. The molecular weight excluding hydrogens is 280 g/mol. The van der Waals surface area contributed by atoms with Gasteiger partial charge in [0.15, 0.2) is 5.78 Å². The van der Waals surface area contributed by atoms with Gasteiger partial charge in [-0.15, -0.1) is 0 Å². The third kappa shape index (κ3) is 2.42. The Kier molecular flexibility index (Phi) is 3.57. The molecule has 0 saturated heterocycles. The van der Waals surface area contributed by atoms with Gasteiger partial charge < -0.3 is 10.5 Å². The quantitative estimate of drug-likeness (QED) is 0.745. The first-order valence-electron chi connectivity index (χ1n) is 6.63. The smallest absolute Gasteiger partial charge is 0.198 e. The van der Waals surface area contributed by atoms with Crippen molar-refractivity contribution in [1.82, 2.24) is 14.8 Å². The van der Waals surface area contributed by atoms with Crippen LogP contribution in [0.2, 0.25) is 0 Å². The second-order valence-electron chi connectivity index (χ2n) is 4.62. The fourth-order valence-electron chi connectivity index (χ4n) is 2.14. The van der Waals surface area contributed by atoms with Crippen LogP contribution in [0.25, 0.3) is 5.69 Å². The van der Waals surface area contributed by atoms with Gasteiger partial charge in [-0.05, 0) is 24.3 Å². The highest BCUT2D eigenvalue weighted by Crippen LogP contribution is 2.21. The van der Waals surface area contributed by atoms with Crippen LogP contribution in [-0.2, 0) is 0 Å². The minimum Gasteiger partial charge on any atom is -0.497 e. The number of aromatic nitrogens is 3. The van der Waals surface area contributed by atoms with E-state index in [-0.39, 0.29) is 5.78 Å².